The van der Waals surface area contributed by atoms with Gasteiger partial charge in [-0.25, -0.2) is 0 Å². The Morgan fingerprint density at radius 2 is 2.14 bits per heavy atom. The van der Waals surface area contributed by atoms with E-state index in [9.17, 15) is 9.59 Å². The molecule has 6 nitrogen and oxygen atoms in total. The SMILES string of the molecule is COCCN(CC(=O)O)C(=O)[C@H](C)N. The fraction of sp³-hybridized carbons (Fsp3) is 0.750. The van der Waals surface area contributed by atoms with Crippen molar-refractivity contribution in [3.8, 4) is 0 Å². The van der Waals surface area contributed by atoms with Gasteiger partial charge in [-0.2, -0.15) is 0 Å². The molecule has 0 aliphatic heterocycles. The van der Waals surface area contributed by atoms with E-state index in [4.69, 9.17) is 15.6 Å². The van der Waals surface area contributed by atoms with Crippen LogP contribution in [0.5, 0.6) is 0 Å². The molecule has 0 unspecified atom stereocenters. The summed E-state index contributed by atoms with van der Waals surface area (Å²) in [6.45, 7) is 1.71. The minimum atomic E-state index is -1.06. The van der Waals surface area contributed by atoms with Gasteiger partial charge < -0.3 is 20.5 Å². The van der Waals surface area contributed by atoms with Gasteiger partial charge in [0.15, 0.2) is 0 Å². The Morgan fingerprint density at radius 1 is 1.57 bits per heavy atom. The van der Waals surface area contributed by atoms with Crippen molar-refractivity contribution in [2.45, 2.75) is 13.0 Å². The Kier molecular flexibility index (Phi) is 5.82. The number of aliphatic carboxylic acids is 1. The molecule has 0 aromatic heterocycles. The maximum Gasteiger partial charge on any atom is 0.323 e. The quantitative estimate of drug-likeness (QED) is 0.572. The fourth-order valence-electron chi connectivity index (χ4n) is 0.920. The highest BCUT2D eigenvalue weighted by Gasteiger charge is 2.19. The summed E-state index contributed by atoms with van der Waals surface area (Å²) in [6, 6.07) is -0.689. The van der Waals surface area contributed by atoms with Crippen molar-refractivity contribution in [1.29, 1.82) is 0 Å². The maximum absolute atomic E-state index is 11.4. The monoisotopic (exact) mass is 204 g/mol. The van der Waals surface area contributed by atoms with Crippen LogP contribution in [0.25, 0.3) is 0 Å². The molecule has 0 heterocycles. The minimum Gasteiger partial charge on any atom is -0.480 e. The van der Waals surface area contributed by atoms with E-state index < -0.39 is 12.0 Å². The number of amides is 1. The van der Waals surface area contributed by atoms with Crippen LogP contribution in [0.3, 0.4) is 0 Å². The second kappa shape index (κ2) is 6.33. The number of carboxylic acid groups (broad SMARTS) is 1. The first kappa shape index (κ1) is 12.9. The summed E-state index contributed by atoms with van der Waals surface area (Å²) >= 11 is 0. The van der Waals surface area contributed by atoms with Gasteiger partial charge in [-0.05, 0) is 6.92 Å². The number of hydrogen-bond donors (Lipinski definition) is 2. The van der Waals surface area contributed by atoms with E-state index in [1.165, 1.54) is 14.0 Å². The smallest absolute Gasteiger partial charge is 0.323 e. The zero-order valence-electron chi connectivity index (χ0n) is 8.40. The molecule has 14 heavy (non-hydrogen) atoms. The van der Waals surface area contributed by atoms with Crippen molar-refractivity contribution in [3.05, 3.63) is 0 Å². The van der Waals surface area contributed by atoms with Gasteiger partial charge in [0.25, 0.3) is 0 Å². The Balaban J connectivity index is 4.22. The number of carboxylic acids is 1. The molecule has 0 rings (SSSR count). The third-order valence-electron chi connectivity index (χ3n) is 1.59. The Hall–Kier alpha value is -1.14. The first-order valence-electron chi connectivity index (χ1n) is 4.24. The number of nitrogens with two attached hydrogens (primary N) is 1. The maximum atomic E-state index is 11.4. The molecule has 0 bridgehead atoms. The molecule has 0 aliphatic carbocycles. The molecule has 6 heteroatoms. The predicted octanol–water partition coefficient (Wildman–Crippen LogP) is -1.11. The Labute approximate surface area is 82.6 Å². The lowest BCUT2D eigenvalue weighted by molar-refractivity contribution is -0.145. The van der Waals surface area contributed by atoms with Gasteiger partial charge in [0, 0.05) is 13.7 Å². The summed E-state index contributed by atoms with van der Waals surface area (Å²) in [5.74, 6) is -1.44. The molecule has 0 radical (unpaired) electrons. The average Bonchev–Trinajstić information content (AvgIpc) is 2.10. The van der Waals surface area contributed by atoms with Crippen molar-refractivity contribution in [2.75, 3.05) is 26.8 Å². The second-order valence-corrected chi connectivity index (χ2v) is 2.94. The lowest BCUT2D eigenvalue weighted by atomic mass is 10.3. The molecule has 0 fully saturated rings. The predicted molar refractivity (Wildman–Crippen MR) is 49.7 cm³/mol. The summed E-state index contributed by atoms with van der Waals surface area (Å²) in [5, 5.41) is 8.54. The lowest BCUT2D eigenvalue weighted by Gasteiger charge is -2.21. The standard InChI is InChI=1S/C8H16N2O4/c1-6(9)8(13)10(3-4-14-2)5-7(11)12/h6H,3-5,9H2,1-2H3,(H,11,12)/t6-/m0/s1. The Morgan fingerprint density at radius 3 is 2.50 bits per heavy atom. The lowest BCUT2D eigenvalue weighted by Crippen LogP contribution is -2.45. The highest BCUT2D eigenvalue weighted by molar-refractivity contribution is 5.84. The first-order chi connectivity index (χ1) is 6.49. The zero-order chi connectivity index (χ0) is 11.1. The fourth-order valence-corrected chi connectivity index (χ4v) is 0.920. The molecule has 0 aliphatic rings. The summed E-state index contributed by atoms with van der Waals surface area (Å²) in [7, 11) is 1.48. The van der Waals surface area contributed by atoms with E-state index in [0.717, 1.165) is 4.90 Å². The van der Waals surface area contributed by atoms with Crippen LogP contribution in [0.2, 0.25) is 0 Å². The first-order valence-corrected chi connectivity index (χ1v) is 4.24. The molecule has 0 spiro atoms. The van der Waals surface area contributed by atoms with E-state index >= 15 is 0 Å². The molecule has 1 amide bonds. The number of methoxy groups -OCH3 is 1. The number of nitrogens with zero attached hydrogens (tertiary/aromatic N) is 1. The summed E-state index contributed by atoms with van der Waals surface area (Å²) < 4.78 is 4.76. The number of hydrogen-bond acceptors (Lipinski definition) is 4. The zero-order valence-corrected chi connectivity index (χ0v) is 8.40. The summed E-state index contributed by atoms with van der Waals surface area (Å²) in [5.41, 5.74) is 5.36. The largest absolute Gasteiger partial charge is 0.480 e. The van der Waals surface area contributed by atoms with Crippen LogP contribution >= 0.6 is 0 Å². The van der Waals surface area contributed by atoms with Crippen LogP contribution in [0.4, 0.5) is 0 Å². The van der Waals surface area contributed by atoms with Crippen LogP contribution in [0.15, 0.2) is 0 Å². The Bertz CT molecular complexity index is 206. The van der Waals surface area contributed by atoms with Crippen molar-refractivity contribution in [3.63, 3.8) is 0 Å². The van der Waals surface area contributed by atoms with Crippen LogP contribution in [-0.4, -0.2) is 54.7 Å². The molecule has 82 valence electrons. The topological polar surface area (TPSA) is 92.9 Å². The van der Waals surface area contributed by atoms with Crippen LogP contribution in [-0.2, 0) is 14.3 Å². The number of ether oxygens (including phenoxy) is 1. The average molecular weight is 204 g/mol. The van der Waals surface area contributed by atoms with E-state index in [1.807, 2.05) is 0 Å². The molecular weight excluding hydrogens is 188 g/mol. The van der Waals surface area contributed by atoms with Crippen LogP contribution < -0.4 is 5.73 Å². The van der Waals surface area contributed by atoms with E-state index in [2.05, 4.69) is 0 Å². The molecule has 0 saturated carbocycles. The summed E-state index contributed by atoms with van der Waals surface area (Å²) in [4.78, 5) is 23.0. The molecule has 0 saturated heterocycles. The van der Waals surface area contributed by atoms with E-state index in [-0.39, 0.29) is 19.0 Å². The summed E-state index contributed by atoms with van der Waals surface area (Å²) in [6.07, 6.45) is 0. The molecule has 0 aromatic carbocycles. The van der Waals surface area contributed by atoms with Crippen LogP contribution in [0.1, 0.15) is 6.92 Å². The third kappa shape index (κ3) is 4.78. The number of carbonyl (C=O) groups excluding carboxylic acids is 1. The second-order valence-electron chi connectivity index (χ2n) is 2.94. The molecular formula is C8H16N2O4. The highest BCUT2D eigenvalue weighted by Crippen LogP contribution is 1.93. The molecule has 1 atom stereocenters. The van der Waals surface area contributed by atoms with Gasteiger partial charge in [-0.3, -0.25) is 9.59 Å². The van der Waals surface area contributed by atoms with Gasteiger partial charge in [-0.15, -0.1) is 0 Å². The minimum absolute atomic E-state index is 0.239. The third-order valence-corrected chi connectivity index (χ3v) is 1.59. The van der Waals surface area contributed by atoms with Crippen molar-refractivity contribution >= 4 is 11.9 Å². The van der Waals surface area contributed by atoms with Gasteiger partial charge in [-0.1, -0.05) is 0 Å². The van der Waals surface area contributed by atoms with E-state index in [0.29, 0.717) is 6.61 Å². The number of carbonyl (C=O) groups is 2. The van der Waals surface area contributed by atoms with Crippen molar-refractivity contribution in [2.24, 2.45) is 5.73 Å². The number of rotatable bonds is 6. The van der Waals surface area contributed by atoms with Crippen molar-refractivity contribution < 1.29 is 19.4 Å². The highest BCUT2D eigenvalue weighted by atomic mass is 16.5. The normalized spacial score (nSPS) is 12.2. The van der Waals surface area contributed by atoms with E-state index in [1.54, 1.807) is 0 Å². The van der Waals surface area contributed by atoms with Gasteiger partial charge in [0.05, 0.1) is 12.6 Å². The van der Waals surface area contributed by atoms with Crippen molar-refractivity contribution in [1.82, 2.24) is 4.90 Å². The van der Waals surface area contributed by atoms with Gasteiger partial charge >= 0.3 is 5.97 Å². The van der Waals surface area contributed by atoms with Gasteiger partial charge in [0.2, 0.25) is 5.91 Å². The van der Waals surface area contributed by atoms with Gasteiger partial charge in [0.1, 0.15) is 6.54 Å². The molecule has 3 N–H and O–H groups in total. The molecule has 0 aromatic rings. The van der Waals surface area contributed by atoms with Crippen LogP contribution in [0, 0.1) is 0 Å².